The number of ether oxygens (including phenoxy) is 2. The number of aliphatic hydroxyl groups is 1. The molecule has 0 aromatic heterocycles. The van der Waals surface area contributed by atoms with Gasteiger partial charge in [0.25, 0.3) is 11.7 Å². The van der Waals surface area contributed by atoms with E-state index in [-0.39, 0.29) is 16.7 Å². The third kappa shape index (κ3) is 5.17. The van der Waals surface area contributed by atoms with Gasteiger partial charge in [0.1, 0.15) is 17.3 Å². The topological polar surface area (TPSA) is 76.1 Å². The van der Waals surface area contributed by atoms with Crippen LogP contribution in [0.1, 0.15) is 62.4 Å². The van der Waals surface area contributed by atoms with Gasteiger partial charge in [0, 0.05) is 17.3 Å². The van der Waals surface area contributed by atoms with Crippen molar-refractivity contribution in [2.24, 2.45) is 0 Å². The summed E-state index contributed by atoms with van der Waals surface area (Å²) in [5, 5.41) is 11.5. The number of ketones is 1. The molecule has 6 nitrogen and oxygen atoms in total. The van der Waals surface area contributed by atoms with Gasteiger partial charge in [0.05, 0.1) is 25.3 Å². The summed E-state index contributed by atoms with van der Waals surface area (Å²) >= 11 is 0. The summed E-state index contributed by atoms with van der Waals surface area (Å²) in [7, 11) is 1.58. The van der Waals surface area contributed by atoms with Gasteiger partial charge in [-0.3, -0.25) is 14.5 Å². The molecule has 38 heavy (non-hydrogen) atoms. The number of Topliss-reactive ketones (excluding diaryl/α,β-unsaturated/α-hetero) is 1. The maximum absolute atomic E-state index is 13.5. The number of anilines is 1. The average molecular weight is 514 g/mol. The monoisotopic (exact) mass is 513 g/mol. The minimum absolute atomic E-state index is 0.0444. The Bertz CT molecular complexity index is 1380. The predicted octanol–water partition coefficient (Wildman–Crippen LogP) is 6.72. The molecular formula is C32H35NO5. The van der Waals surface area contributed by atoms with Crippen LogP contribution in [0.3, 0.4) is 0 Å². The van der Waals surface area contributed by atoms with Crippen LogP contribution >= 0.6 is 0 Å². The molecule has 0 spiro atoms. The fraction of sp³-hybridized carbons (Fsp3) is 0.312. The third-order valence-electron chi connectivity index (χ3n) is 6.77. The molecule has 6 heteroatoms. The maximum atomic E-state index is 13.5. The molecule has 0 saturated carbocycles. The first-order valence-electron chi connectivity index (χ1n) is 12.9. The number of hydrogen-bond acceptors (Lipinski definition) is 5. The first kappa shape index (κ1) is 27.0. The van der Waals surface area contributed by atoms with Crippen LogP contribution in [0.5, 0.6) is 11.5 Å². The molecule has 1 heterocycles. The van der Waals surface area contributed by atoms with Crippen LogP contribution in [-0.2, 0) is 15.0 Å². The van der Waals surface area contributed by atoms with E-state index in [0.29, 0.717) is 29.4 Å². The predicted molar refractivity (Wildman–Crippen MR) is 150 cm³/mol. The van der Waals surface area contributed by atoms with Gasteiger partial charge in [-0.25, -0.2) is 0 Å². The smallest absolute Gasteiger partial charge is 0.300 e. The van der Waals surface area contributed by atoms with Crippen molar-refractivity contribution >= 4 is 23.1 Å². The van der Waals surface area contributed by atoms with Crippen molar-refractivity contribution in [1.82, 2.24) is 0 Å². The van der Waals surface area contributed by atoms with Gasteiger partial charge in [-0.05, 0) is 65.8 Å². The van der Waals surface area contributed by atoms with Crippen LogP contribution in [-0.4, -0.2) is 30.5 Å². The average Bonchev–Trinajstić information content (AvgIpc) is 3.16. The summed E-state index contributed by atoms with van der Waals surface area (Å²) in [4.78, 5) is 28.5. The number of methoxy groups -OCH3 is 1. The van der Waals surface area contributed by atoms with Crippen LogP contribution < -0.4 is 14.4 Å². The summed E-state index contributed by atoms with van der Waals surface area (Å²) in [6.45, 7) is 10.8. The number of rotatable bonds is 7. The minimum atomic E-state index is -0.812. The number of aliphatic hydroxyl groups excluding tert-OH is 1. The Kier molecular flexibility index (Phi) is 7.63. The summed E-state index contributed by atoms with van der Waals surface area (Å²) < 4.78 is 11.1. The highest BCUT2D eigenvalue weighted by Crippen LogP contribution is 2.43. The molecule has 4 rings (SSSR count). The Morgan fingerprint density at radius 3 is 2.32 bits per heavy atom. The lowest BCUT2D eigenvalue weighted by atomic mass is 9.85. The number of hydrogen-bond donors (Lipinski definition) is 1. The Morgan fingerprint density at radius 2 is 1.71 bits per heavy atom. The Hall–Kier alpha value is -4.06. The Balaban J connectivity index is 1.90. The van der Waals surface area contributed by atoms with E-state index in [1.165, 1.54) is 4.90 Å². The van der Waals surface area contributed by atoms with Gasteiger partial charge in [-0.2, -0.15) is 0 Å². The first-order chi connectivity index (χ1) is 18.1. The Labute approximate surface area is 224 Å². The van der Waals surface area contributed by atoms with Gasteiger partial charge in [-0.1, -0.05) is 58.0 Å². The fourth-order valence-electron chi connectivity index (χ4n) is 4.70. The maximum Gasteiger partial charge on any atom is 0.300 e. The second-order valence-electron chi connectivity index (χ2n) is 10.6. The Morgan fingerprint density at radius 1 is 1.00 bits per heavy atom. The highest BCUT2D eigenvalue weighted by molar-refractivity contribution is 6.51. The van der Waals surface area contributed by atoms with Gasteiger partial charge in [-0.15, -0.1) is 0 Å². The zero-order valence-electron chi connectivity index (χ0n) is 22.9. The van der Waals surface area contributed by atoms with E-state index < -0.39 is 17.7 Å². The minimum Gasteiger partial charge on any atom is -0.507 e. The molecule has 1 N–H and O–H groups in total. The molecule has 0 aliphatic carbocycles. The fourth-order valence-corrected chi connectivity index (χ4v) is 4.70. The van der Waals surface area contributed by atoms with Crippen molar-refractivity contribution in [2.75, 3.05) is 18.6 Å². The number of aryl methyl sites for hydroxylation is 1. The lowest BCUT2D eigenvalue weighted by Crippen LogP contribution is -2.29. The van der Waals surface area contributed by atoms with Crippen LogP contribution in [0.2, 0.25) is 0 Å². The van der Waals surface area contributed by atoms with Gasteiger partial charge >= 0.3 is 0 Å². The standard InChI is InChI=1S/C32H35NO5/c1-7-17-38-25-10-8-9-24(19-25)33-28(21-11-14-23(15-12-21)32(3,4)5)27(30(35)31(33)36)29(34)22-13-16-26(37-6)20(2)18-22/h8-16,18-19,28,34H,7,17H2,1-6H3/b29-27+. The molecule has 3 aromatic rings. The molecule has 1 saturated heterocycles. The van der Waals surface area contributed by atoms with E-state index in [1.807, 2.05) is 44.2 Å². The van der Waals surface area contributed by atoms with Crippen LogP contribution in [0.15, 0.2) is 72.3 Å². The lowest BCUT2D eigenvalue weighted by Gasteiger charge is -2.27. The van der Waals surface area contributed by atoms with Crippen LogP contribution in [0.4, 0.5) is 5.69 Å². The van der Waals surface area contributed by atoms with Crippen molar-refractivity contribution in [2.45, 2.75) is 52.5 Å². The molecule has 1 amide bonds. The lowest BCUT2D eigenvalue weighted by molar-refractivity contribution is -0.132. The quantitative estimate of drug-likeness (QED) is 0.216. The molecule has 1 fully saturated rings. The highest BCUT2D eigenvalue weighted by atomic mass is 16.5. The van der Waals surface area contributed by atoms with Gasteiger partial charge in [0.15, 0.2) is 0 Å². The molecule has 0 bridgehead atoms. The summed E-state index contributed by atoms with van der Waals surface area (Å²) in [6.07, 6.45) is 0.843. The van der Waals surface area contributed by atoms with E-state index in [1.54, 1.807) is 43.5 Å². The summed E-state index contributed by atoms with van der Waals surface area (Å²) in [5.74, 6) is -0.381. The normalized spacial score (nSPS) is 17.1. The molecular weight excluding hydrogens is 478 g/mol. The molecule has 3 aromatic carbocycles. The van der Waals surface area contributed by atoms with Crippen molar-refractivity contribution < 1.29 is 24.2 Å². The summed E-state index contributed by atoms with van der Waals surface area (Å²) in [6, 6.07) is 19.4. The molecule has 1 aliphatic heterocycles. The largest absolute Gasteiger partial charge is 0.507 e. The third-order valence-corrected chi connectivity index (χ3v) is 6.77. The number of carbonyl (C=O) groups is 2. The second-order valence-corrected chi connectivity index (χ2v) is 10.6. The number of carbonyl (C=O) groups excluding carboxylic acids is 2. The van der Waals surface area contributed by atoms with Crippen molar-refractivity contribution in [3.63, 3.8) is 0 Å². The number of amides is 1. The highest BCUT2D eigenvalue weighted by Gasteiger charge is 2.47. The van der Waals surface area contributed by atoms with E-state index in [2.05, 4.69) is 20.8 Å². The molecule has 198 valence electrons. The van der Waals surface area contributed by atoms with Gasteiger partial charge < -0.3 is 14.6 Å². The van der Waals surface area contributed by atoms with Gasteiger partial charge in [0.2, 0.25) is 0 Å². The zero-order chi connectivity index (χ0) is 27.6. The summed E-state index contributed by atoms with van der Waals surface area (Å²) in [5.41, 5.74) is 3.60. The zero-order valence-corrected chi connectivity index (χ0v) is 22.9. The van der Waals surface area contributed by atoms with E-state index in [0.717, 1.165) is 23.1 Å². The molecule has 0 radical (unpaired) electrons. The number of nitrogens with zero attached hydrogens (tertiary/aromatic N) is 1. The van der Waals surface area contributed by atoms with Crippen molar-refractivity contribution in [1.29, 1.82) is 0 Å². The van der Waals surface area contributed by atoms with E-state index >= 15 is 0 Å². The molecule has 1 atom stereocenters. The second kappa shape index (κ2) is 10.7. The van der Waals surface area contributed by atoms with Crippen molar-refractivity contribution in [3.8, 4) is 11.5 Å². The number of benzene rings is 3. The van der Waals surface area contributed by atoms with Crippen LogP contribution in [0.25, 0.3) is 5.76 Å². The van der Waals surface area contributed by atoms with Crippen molar-refractivity contribution in [3.05, 3.63) is 94.6 Å². The SMILES string of the molecule is CCCOc1cccc(N2C(=O)C(=O)/C(=C(/O)c3ccc(OC)c(C)c3)C2c2ccc(C(C)(C)C)cc2)c1. The van der Waals surface area contributed by atoms with Crippen LogP contribution in [0, 0.1) is 6.92 Å². The molecule has 1 aliphatic rings. The van der Waals surface area contributed by atoms with E-state index in [4.69, 9.17) is 9.47 Å². The first-order valence-corrected chi connectivity index (χ1v) is 12.9. The van der Waals surface area contributed by atoms with E-state index in [9.17, 15) is 14.7 Å². The molecule has 1 unspecified atom stereocenters.